The first kappa shape index (κ1) is 40.7. The van der Waals surface area contributed by atoms with E-state index in [1.807, 2.05) is 91.9 Å². The van der Waals surface area contributed by atoms with Gasteiger partial charge in [0, 0.05) is 18.8 Å². The van der Waals surface area contributed by atoms with Crippen molar-refractivity contribution in [3.63, 3.8) is 0 Å². The third-order valence-corrected chi connectivity index (χ3v) is 18.4. The van der Waals surface area contributed by atoms with Gasteiger partial charge in [0.1, 0.15) is 28.5 Å². The molecule has 308 valence electrons. The van der Waals surface area contributed by atoms with Crippen molar-refractivity contribution in [2.45, 2.75) is 83.7 Å². The topological polar surface area (TPSA) is 124 Å². The number of benzene rings is 3. The third-order valence-electron chi connectivity index (χ3n) is 12.2. The fraction of sp³-hybridized carbons (Fsp3) is 0.391. The molecule has 0 N–H and O–H groups in total. The van der Waals surface area contributed by atoms with E-state index in [4.69, 9.17) is 23.1 Å². The summed E-state index contributed by atoms with van der Waals surface area (Å²) in [6, 6.07) is 27.3. The number of carbonyl (C=O) groups is 1. The largest absolute Gasteiger partial charge is 0.508 e. The van der Waals surface area contributed by atoms with Gasteiger partial charge >= 0.3 is 20.0 Å². The summed E-state index contributed by atoms with van der Waals surface area (Å²) in [7, 11) is -1.83. The van der Waals surface area contributed by atoms with Gasteiger partial charge in [-0.3, -0.25) is 14.2 Å². The average Bonchev–Trinajstić information content (AvgIpc) is 4.04. The maximum Gasteiger partial charge on any atom is 0.333 e. The molecule has 0 amide bonds. The van der Waals surface area contributed by atoms with Crippen LogP contribution in [0.4, 0.5) is 0 Å². The second-order valence-electron chi connectivity index (χ2n) is 17.2. The molecule has 2 fully saturated rings. The highest BCUT2D eigenvalue weighted by Crippen LogP contribution is 2.43. The molecule has 0 radical (unpaired) electrons. The zero-order chi connectivity index (χ0) is 41.7. The molecule has 3 aromatic carbocycles. The van der Waals surface area contributed by atoms with Crippen LogP contribution in [0.15, 0.2) is 111 Å². The number of hydrogen-bond acceptors (Lipinski definition) is 10. The highest BCUT2D eigenvalue weighted by molar-refractivity contribution is 7.22. The predicted molar refractivity (Wildman–Crippen MR) is 231 cm³/mol. The SMILES string of the molecule is COc1ccccc1[C@H](Cn1c(=O)n(C(C)(C)C(=O)O[Si](c2ccccc2)(c2ccccc2)C(C)(C)C)c(=O)c2c(C)c(-c3ncco3)sc21)OC1C[C@H]2COC[C@@H]2C1. The van der Waals surface area contributed by atoms with Crippen LogP contribution in [0.25, 0.3) is 21.0 Å². The molecule has 4 heterocycles. The van der Waals surface area contributed by atoms with Crippen LogP contribution in [0.1, 0.15) is 64.7 Å². The number of nitrogens with zero attached hydrogens (tertiary/aromatic N) is 3. The number of aryl methyl sites for hydroxylation is 1. The van der Waals surface area contributed by atoms with Crippen molar-refractivity contribution in [1.29, 1.82) is 0 Å². The molecule has 2 aliphatic rings. The van der Waals surface area contributed by atoms with Crippen LogP contribution >= 0.6 is 11.3 Å². The van der Waals surface area contributed by atoms with Crippen LogP contribution in [0.2, 0.25) is 5.04 Å². The smallest absolute Gasteiger partial charge is 0.333 e. The Morgan fingerprint density at radius 2 is 1.53 bits per heavy atom. The second kappa shape index (κ2) is 15.8. The van der Waals surface area contributed by atoms with Crippen molar-refractivity contribution >= 4 is 46.2 Å². The molecule has 6 aromatic rings. The zero-order valence-corrected chi connectivity index (χ0v) is 36.4. The van der Waals surface area contributed by atoms with Crippen LogP contribution in [0.5, 0.6) is 5.75 Å². The van der Waals surface area contributed by atoms with Gasteiger partial charge in [-0.2, -0.15) is 0 Å². The van der Waals surface area contributed by atoms with Gasteiger partial charge in [-0.15, -0.1) is 11.3 Å². The minimum Gasteiger partial charge on any atom is -0.508 e. The summed E-state index contributed by atoms with van der Waals surface area (Å²) >= 11 is 1.26. The fourth-order valence-electron chi connectivity index (χ4n) is 9.14. The van der Waals surface area contributed by atoms with Gasteiger partial charge in [0.25, 0.3) is 5.56 Å². The molecule has 1 aliphatic heterocycles. The predicted octanol–water partition coefficient (Wildman–Crippen LogP) is 7.22. The number of aromatic nitrogens is 3. The first-order chi connectivity index (χ1) is 28.3. The van der Waals surface area contributed by atoms with Gasteiger partial charge in [0.05, 0.1) is 36.2 Å². The first-order valence-electron chi connectivity index (χ1n) is 20.2. The van der Waals surface area contributed by atoms with Crippen molar-refractivity contribution in [3.8, 4) is 16.5 Å². The number of methoxy groups -OCH3 is 1. The maximum atomic E-state index is 15.4. The maximum absolute atomic E-state index is 15.4. The Hall–Kier alpha value is -5.08. The van der Waals surface area contributed by atoms with Gasteiger partial charge in [-0.05, 0) is 72.5 Å². The molecule has 1 aliphatic carbocycles. The van der Waals surface area contributed by atoms with Gasteiger partial charge in [0.15, 0.2) is 0 Å². The normalized spacial score (nSPS) is 17.9. The van der Waals surface area contributed by atoms with E-state index in [1.165, 1.54) is 17.6 Å². The molecule has 0 bridgehead atoms. The van der Waals surface area contributed by atoms with E-state index in [2.05, 4.69) is 25.8 Å². The number of rotatable bonds is 12. The molecule has 13 heteroatoms. The molecule has 59 heavy (non-hydrogen) atoms. The van der Waals surface area contributed by atoms with Gasteiger partial charge < -0.3 is 23.1 Å². The van der Waals surface area contributed by atoms with Crippen molar-refractivity contribution in [2.24, 2.45) is 11.8 Å². The summed E-state index contributed by atoms with van der Waals surface area (Å²) in [5.41, 5.74) is -1.66. The Kier molecular flexibility index (Phi) is 10.9. The Bertz CT molecular complexity index is 2530. The molecular formula is C46H51N3O8SSi. The summed E-state index contributed by atoms with van der Waals surface area (Å²) in [4.78, 5) is 51.1. The average molecular weight is 834 g/mol. The molecule has 3 atom stereocenters. The van der Waals surface area contributed by atoms with E-state index in [1.54, 1.807) is 31.7 Å². The summed E-state index contributed by atoms with van der Waals surface area (Å²) in [5, 5.41) is 1.54. The quantitative estimate of drug-likeness (QED) is 0.118. The van der Waals surface area contributed by atoms with Crippen LogP contribution in [-0.2, 0) is 30.8 Å². The number of oxazole rings is 1. The highest BCUT2D eigenvalue weighted by Gasteiger charge is 2.55. The number of para-hydroxylation sites is 1. The Labute approximate surface area is 348 Å². The second-order valence-corrected chi connectivity index (χ2v) is 22.5. The molecule has 1 saturated heterocycles. The van der Waals surface area contributed by atoms with Crippen molar-refractivity contribution < 1.29 is 27.8 Å². The van der Waals surface area contributed by atoms with Gasteiger partial charge in [0.2, 0.25) is 5.89 Å². The van der Waals surface area contributed by atoms with Crippen molar-refractivity contribution in [2.75, 3.05) is 20.3 Å². The Morgan fingerprint density at radius 3 is 2.10 bits per heavy atom. The number of ether oxygens (including phenoxy) is 3. The van der Waals surface area contributed by atoms with Crippen LogP contribution in [-0.4, -0.2) is 54.8 Å². The van der Waals surface area contributed by atoms with Crippen molar-refractivity contribution in [1.82, 2.24) is 14.1 Å². The van der Waals surface area contributed by atoms with Crippen LogP contribution in [0, 0.1) is 18.8 Å². The van der Waals surface area contributed by atoms with Crippen LogP contribution < -0.4 is 26.4 Å². The number of hydrogen-bond donors (Lipinski definition) is 0. The van der Waals surface area contributed by atoms with E-state index in [0.29, 0.717) is 57.3 Å². The minimum absolute atomic E-state index is 0.0309. The molecule has 1 saturated carbocycles. The molecule has 8 rings (SSSR count). The molecule has 0 unspecified atom stereocenters. The Balaban J connectivity index is 1.30. The van der Waals surface area contributed by atoms with E-state index < -0.39 is 42.2 Å². The lowest BCUT2D eigenvalue weighted by molar-refractivity contribution is -0.144. The molecular weight excluding hydrogens is 783 g/mol. The monoisotopic (exact) mass is 833 g/mol. The van der Waals surface area contributed by atoms with E-state index in [9.17, 15) is 0 Å². The lowest BCUT2D eigenvalue weighted by Gasteiger charge is -2.43. The minimum atomic E-state index is -3.45. The summed E-state index contributed by atoms with van der Waals surface area (Å²) in [6.07, 6.45) is 3.97. The number of thiophene rings is 1. The lowest BCUT2D eigenvalue weighted by atomic mass is 10.0. The Morgan fingerprint density at radius 1 is 0.915 bits per heavy atom. The standard InChI is InChI=1S/C46H51N3O8SSi/c1-29-38-41(50)49(46(5,6)43(51)57-59(45(2,3)4,33-16-10-8-11-17-33)34-18-12-9-13-19-34)44(52)48(42(38)58-39(29)40-47-22-23-55-40)26-37(35-20-14-15-21-36(35)53-7)56-32-24-30-27-54-28-31(30)25-32/h8-23,30-32,37H,24-28H2,1-7H3/t30-,31-,37-/m0/s1. The highest BCUT2D eigenvalue weighted by atomic mass is 32.1. The number of fused-ring (bicyclic) bond motifs is 2. The van der Waals surface area contributed by atoms with E-state index >= 15 is 14.4 Å². The van der Waals surface area contributed by atoms with Gasteiger partial charge in [-0.25, -0.2) is 14.3 Å². The number of carbonyl (C=O) groups excluding carboxylic acids is 1. The molecule has 0 spiro atoms. The molecule has 11 nitrogen and oxygen atoms in total. The zero-order valence-electron chi connectivity index (χ0n) is 34.6. The summed E-state index contributed by atoms with van der Waals surface area (Å²) in [5.74, 6) is 1.10. The summed E-state index contributed by atoms with van der Waals surface area (Å²) < 4.78 is 34.0. The lowest BCUT2D eigenvalue weighted by Crippen LogP contribution is -2.69. The molecule has 3 aromatic heterocycles. The third kappa shape index (κ3) is 7.11. The first-order valence-corrected chi connectivity index (χ1v) is 22.9. The van der Waals surface area contributed by atoms with E-state index in [-0.39, 0.29) is 12.6 Å². The summed E-state index contributed by atoms with van der Waals surface area (Å²) in [6.45, 7) is 12.7. The van der Waals surface area contributed by atoms with Crippen LogP contribution in [0.3, 0.4) is 0 Å². The van der Waals surface area contributed by atoms with Crippen molar-refractivity contribution in [3.05, 3.63) is 129 Å². The fourth-order valence-corrected chi connectivity index (χ4v) is 14.8. The van der Waals surface area contributed by atoms with E-state index in [0.717, 1.165) is 33.3 Å². The van der Waals surface area contributed by atoms with Gasteiger partial charge in [-0.1, -0.05) is 99.6 Å².